The first-order chi connectivity index (χ1) is 11.8. The Morgan fingerprint density at radius 2 is 1.68 bits per heavy atom. The summed E-state index contributed by atoms with van der Waals surface area (Å²) in [5.41, 5.74) is 1.50. The number of sulfonamides is 1. The number of likely N-dealkylation sites (N-methyl/N-ethyl adjacent to an activating group) is 1. The van der Waals surface area contributed by atoms with Gasteiger partial charge < -0.3 is 9.80 Å². The highest BCUT2D eigenvalue weighted by atomic mass is 35.5. The third-order valence-corrected chi connectivity index (χ3v) is 5.86. The molecule has 5 nitrogen and oxygen atoms in total. The predicted molar refractivity (Wildman–Crippen MR) is 98.4 cm³/mol. The van der Waals surface area contributed by atoms with Crippen LogP contribution in [0.5, 0.6) is 0 Å². The molecule has 1 fully saturated rings. The first-order valence-electron chi connectivity index (χ1n) is 7.86. The Hall–Kier alpha value is -1.83. The second-order valence-electron chi connectivity index (χ2n) is 6.02. The van der Waals surface area contributed by atoms with Crippen LogP contribution in [-0.4, -0.2) is 46.5 Å². The molecule has 1 N–H and O–H groups in total. The van der Waals surface area contributed by atoms with Crippen molar-refractivity contribution in [2.24, 2.45) is 0 Å². The van der Waals surface area contributed by atoms with Crippen LogP contribution in [0.25, 0.3) is 0 Å². The van der Waals surface area contributed by atoms with Crippen LogP contribution >= 0.6 is 11.6 Å². The molecule has 0 bridgehead atoms. The molecule has 2 aromatic carbocycles. The highest BCUT2D eigenvalue weighted by molar-refractivity contribution is 7.92. The molecule has 1 heterocycles. The normalized spacial score (nSPS) is 16.0. The molecule has 0 saturated carbocycles. The number of piperazine rings is 1. The van der Waals surface area contributed by atoms with E-state index in [1.165, 1.54) is 6.07 Å². The largest absolute Gasteiger partial charge is 0.369 e. The van der Waals surface area contributed by atoms with Crippen LogP contribution in [0, 0.1) is 5.82 Å². The van der Waals surface area contributed by atoms with Crippen LogP contribution in [-0.2, 0) is 10.0 Å². The molecule has 25 heavy (non-hydrogen) atoms. The maximum absolute atomic E-state index is 13.2. The number of nitrogens with zero attached hydrogens (tertiary/aromatic N) is 2. The van der Waals surface area contributed by atoms with Gasteiger partial charge in [0.15, 0.2) is 0 Å². The molecule has 1 aliphatic heterocycles. The Labute approximate surface area is 152 Å². The number of nitrogens with one attached hydrogen (secondary N) is 1. The topological polar surface area (TPSA) is 52.6 Å². The van der Waals surface area contributed by atoms with Crippen molar-refractivity contribution in [1.29, 1.82) is 0 Å². The fourth-order valence-electron chi connectivity index (χ4n) is 2.66. The van der Waals surface area contributed by atoms with E-state index in [-0.39, 0.29) is 9.92 Å². The summed E-state index contributed by atoms with van der Waals surface area (Å²) in [6.45, 7) is 3.88. The van der Waals surface area contributed by atoms with Gasteiger partial charge in [-0.25, -0.2) is 12.8 Å². The molecule has 0 aromatic heterocycles. The molecule has 1 saturated heterocycles. The molecule has 0 atom stereocenters. The van der Waals surface area contributed by atoms with Crippen LogP contribution < -0.4 is 9.62 Å². The molecule has 134 valence electrons. The number of hydrogen-bond acceptors (Lipinski definition) is 4. The summed E-state index contributed by atoms with van der Waals surface area (Å²) >= 11 is 5.66. The zero-order valence-corrected chi connectivity index (χ0v) is 15.3. The van der Waals surface area contributed by atoms with Crippen molar-refractivity contribution < 1.29 is 12.8 Å². The smallest absolute Gasteiger partial charge is 0.261 e. The van der Waals surface area contributed by atoms with Gasteiger partial charge >= 0.3 is 0 Å². The first kappa shape index (κ1) is 18.0. The maximum Gasteiger partial charge on any atom is 0.261 e. The van der Waals surface area contributed by atoms with Gasteiger partial charge in [-0.1, -0.05) is 11.6 Å². The van der Waals surface area contributed by atoms with Crippen molar-refractivity contribution in [3.05, 3.63) is 53.3 Å². The lowest BCUT2D eigenvalue weighted by Crippen LogP contribution is -2.44. The minimum atomic E-state index is -3.82. The van der Waals surface area contributed by atoms with E-state index in [4.69, 9.17) is 11.6 Å². The molecule has 0 aliphatic carbocycles. The van der Waals surface area contributed by atoms with Crippen molar-refractivity contribution in [2.75, 3.05) is 42.8 Å². The van der Waals surface area contributed by atoms with Gasteiger partial charge in [-0.3, -0.25) is 4.72 Å². The lowest BCUT2D eigenvalue weighted by atomic mass is 10.2. The van der Waals surface area contributed by atoms with Gasteiger partial charge in [-0.05, 0) is 49.5 Å². The lowest BCUT2D eigenvalue weighted by molar-refractivity contribution is 0.313. The zero-order chi connectivity index (χ0) is 18.0. The Morgan fingerprint density at radius 1 is 1.04 bits per heavy atom. The van der Waals surface area contributed by atoms with E-state index < -0.39 is 15.8 Å². The average Bonchev–Trinajstić information content (AvgIpc) is 2.58. The van der Waals surface area contributed by atoms with Crippen molar-refractivity contribution in [2.45, 2.75) is 4.90 Å². The quantitative estimate of drug-likeness (QED) is 0.881. The molecular weight excluding hydrogens is 365 g/mol. The standard InChI is InChI=1S/C17H19ClFN3O2S/c1-21-8-10-22(11-9-21)14-4-2-13(3-5-14)20-25(23,24)15-6-7-17(19)16(18)12-15/h2-7,12,20H,8-11H2,1H3. The van der Waals surface area contributed by atoms with E-state index in [1.807, 2.05) is 12.1 Å². The predicted octanol–water partition coefficient (Wildman–Crippen LogP) is 3.03. The third-order valence-electron chi connectivity index (χ3n) is 4.19. The van der Waals surface area contributed by atoms with E-state index in [0.717, 1.165) is 44.0 Å². The van der Waals surface area contributed by atoms with E-state index in [0.29, 0.717) is 5.69 Å². The maximum atomic E-state index is 13.2. The average molecular weight is 384 g/mol. The summed E-state index contributed by atoms with van der Waals surface area (Å²) in [7, 11) is -1.72. The van der Waals surface area contributed by atoms with Gasteiger partial charge in [0.05, 0.1) is 9.92 Å². The van der Waals surface area contributed by atoms with Gasteiger partial charge in [-0.15, -0.1) is 0 Å². The fraction of sp³-hybridized carbons (Fsp3) is 0.294. The highest BCUT2D eigenvalue weighted by Gasteiger charge is 2.17. The number of anilines is 2. The minimum absolute atomic E-state index is 0.0814. The number of benzene rings is 2. The first-order valence-corrected chi connectivity index (χ1v) is 9.73. The summed E-state index contributed by atoms with van der Waals surface area (Å²) in [4.78, 5) is 4.45. The molecule has 8 heteroatoms. The summed E-state index contributed by atoms with van der Waals surface area (Å²) < 4.78 is 40.4. The number of halogens is 2. The van der Waals surface area contributed by atoms with E-state index in [9.17, 15) is 12.8 Å². The Balaban J connectivity index is 1.73. The Morgan fingerprint density at radius 3 is 2.28 bits per heavy atom. The molecule has 0 unspecified atom stereocenters. The fourth-order valence-corrected chi connectivity index (χ4v) is 3.99. The van der Waals surface area contributed by atoms with E-state index in [1.54, 1.807) is 12.1 Å². The summed E-state index contributed by atoms with van der Waals surface area (Å²) in [6.07, 6.45) is 0. The Kier molecular flexibility index (Phi) is 5.17. The van der Waals surface area contributed by atoms with Crippen molar-refractivity contribution in [1.82, 2.24) is 4.90 Å². The molecule has 2 aromatic rings. The van der Waals surface area contributed by atoms with E-state index >= 15 is 0 Å². The van der Waals surface area contributed by atoms with E-state index in [2.05, 4.69) is 21.6 Å². The van der Waals surface area contributed by atoms with Gasteiger partial charge in [0.2, 0.25) is 0 Å². The second kappa shape index (κ2) is 7.19. The third kappa shape index (κ3) is 4.23. The Bertz CT molecular complexity index is 851. The zero-order valence-electron chi connectivity index (χ0n) is 13.7. The van der Waals surface area contributed by atoms with Crippen LogP contribution in [0.3, 0.4) is 0 Å². The summed E-state index contributed by atoms with van der Waals surface area (Å²) in [6, 6.07) is 10.5. The van der Waals surface area contributed by atoms with Gasteiger partial charge in [0.1, 0.15) is 5.82 Å². The second-order valence-corrected chi connectivity index (χ2v) is 8.11. The van der Waals surface area contributed by atoms with Crippen LogP contribution in [0.2, 0.25) is 5.02 Å². The van der Waals surface area contributed by atoms with Crippen LogP contribution in [0.15, 0.2) is 47.4 Å². The summed E-state index contributed by atoms with van der Waals surface area (Å²) in [5.74, 6) is -0.655. The number of hydrogen-bond donors (Lipinski definition) is 1. The monoisotopic (exact) mass is 383 g/mol. The van der Waals surface area contributed by atoms with Crippen molar-refractivity contribution in [3.8, 4) is 0 Å². The highest BCUT2D eigenvalue weighted by Crippen LogP contribution is 2.24. The lowest BCUT2D eigenvalue weighted by Gasteiger charge is -2.34. The molecule has 3 rings (SSSR count). The molecular formula is C17H19ClFN3O2S. The van der Waals surface area contributed by atoms with Crippen LogP contribution in [0.1, 0.15) is 0 Å². The molecule has 1 aliphatic rings. The van der Waals surface area contributed by atoms with Gasteiger partial charge in [0, 0.05) is 37.6 Å². The number of rotatable bonds is 4. The molecule has 0 amide bonds. The van der Waals surface area contributed by atoms with Crippen LogP contribution in [0.4, 0.5) is 15.8 Å². The molecule has 0 spiro atoms. The molecule has 0 radical (unpaired) electrons. The SMILES string of the molecule is CN1CCN(c2ccc(NS(=O)(=O)c3ccc(F)c(Cl)c3)cc2)CC1. The van der Waals surface area contributed by atoms with Gasteiger partial charge in [-0.2, -0.15) is 0 Å². The van der Waals surface area contributed by atoms with Crippen molar-refractivity contribution in [3.63, 3.8) is 0 Å². The minimum Gasteiger partial charge on any atom is -0.369 e. The summed E-state index contributed by atoms with van der Waals surface area (Å²) in [5, 5.41) is -0.228. The van der Waals surface area contributed by atoms with Crippen molar-refractivity contribution >= 4 is 33.0 Å². The van der Waals surface area contributed by atoms with Gasteiger partial charge in [0.25, 0.3) is 10.0 Å².